The van der Waals surface area contributed by atoms with Crippen LogP contribution < -0.4 is 10.0 Å². The zero-order valence-electron chi connectivity index (χ0n) is 12.2. The van der Waals surface area contributed by atoms with Gasteiger partial charge in [0.25, 0.3) is 0 Å². The van der Waals surface area contributed by atoms with Gasteiger partial charge in [0.05, 0.1) is 17.1 Å². The average molecular weight is 301 g/mol. The second kappa shape index (κ2) is 6.11. The molecule has 20 heavy (non-hydrogen) atoms. The van der Waals surface area contributed by atoms with Crippen LogP contribution in [0, 0.1) is 13.8 Å². The highest BCUT2D eigenvalue weighted by Crippen LogP contribution is 2.24. The van der Waals surface area contributed by atoms with Crippen LogP contribution in [0.1, 0.15) is 30.7 Å². The van der Waals surface area contributed by atoms with Gasteiger partial charge in [-0.15, -0.1) is 0 Å². The van der Waals surface area contributed by atoms with Crippen LogP contribution in [0.4, 0.5) is 5.69 Å². The summed E-state index contributed by atoms with van der Waals surface area (Å²) in [6.45, 7) is 4.82. The number of anilines is 1. The fourth-order valence-electron chi connectivity index (χ4n) is 2.62. The molecule has 1 aliphatic rings. The highest BCUT2D eigenvalue weighted by Gasteiger charge is 2.32. The van der Waals surface area contributed by atoms with Gasteiger partial charge in [0, 0.05) is 19.1 Å². The molecule has 0 aliphatic carbocycles. The van der Waals surface area contributed by atoms with Gasteiger partial charge in [0.1, 0.15) is 0 Å². The van der Waals surface area contributed by atoms with E-state index in [1.54, 1.807) is 18.2 Å². The van der Waals surface area contributed by atoms with Gasteiger partial charge < -0.3 is 5.32 Å². The van der Waals surface area contributed by atoms with E-state index >= 15 is 0 Å². The highest BCUT2D eigenvalue weighted by molar-refractivity contribution is 7.90. The standard InChI is InChI=1S/C12H23N5O2S/c1-9-12(10(2)15-14-9)16-20(18,19)17-7-5-4-6-11(17)8-13-3/h11,13,16H,4-8H2,1-3H3,(H,14,15). The van der Waals surface area contributed by atoms with Crippen molar-refractivity contribution < 1.29 is 8.42 Å². The van der Waals surface area contributed by atoms with Crippen molar-refractivity contribution in [2.45, 2.75) is 39.2 Å². The van der Waals surface area contributed by atoms with E-state index in [1.807, 2.05) is 7.05 Å². The Balaban J connectivity index is 2.20. The lowest BCUT2D eigenvalue weighted by atomic mass is 10.1. The summed E-state index contributed by atoms with van der Waals surface area (Å²) < 4.78 is 29.4. The zero-order valence-corrected chi connectivity index (χ0v) is 13.0. The minimum Gasteiger partial charge on any atom is -0.318 e. The molecule has 1 aliphatic heterocycles. The summed E-state index contributed by atoms with van der Waals surface area (Å²) in [5.74, 6) is 0. The maximum Gasteiger partial charge on any atom is 0.302 e. The molecule has 0 spiro atoms. The number of aryl methyl sites for hydroxylation is 2. The van der Waals surface area contributed by atoms with Gasteiger partial charge >= 0.3 is 10.2 Å². The molecule has 0 radical (unpaired) electrons. The van der Waals surface area contributed by atoms with E-state index in [0.29, 0.717) is 24.5 Å². The van der Waals surface area contributed by atoms with Gasteiger partial charge in [-0.25, -0.2) is 0 Å². The van der Waals surface area contributed by atoms with E-state index in [2.05, 4.69) is 20.2 Å². The molecular formula is C12H23N5O2S. The molecule has 1 aromatic rings. The van der Waals surface area contributed by atoms with Crippen molar-refractivity contribution in [3.63, 3.8) is 0 Å². The van der Waals surface area contributed by atoms with Crippen molar-refractivity contribution >= 4 is 15.9 Å². The summed E-state index contributed by atoms with van der Waals surface area (Å²) in [4.78, 5) is 0. The Hall–Kier alpha value is -1.12. The first kappa shape index (κ1) is 15.3. The van der Waals surface area contributed by atoms with E-state index < -0.39 is 10.2 Å². The molecule has 1 unspecified atom stereocenters. The number of aromatic amines is 1. The number of piperidine rings is 1. The molecule has 114 valence electrons. The van der Waals surface area contributed by atoms with Crippen molar-refractivity contribution in [3.05, 3.63) is 11.4 Å². The minimum absolute atomic E-state index is 0.0127. The minimum atomic E-state index is -3.54. The third-order valence-corrected chi connectivity index (χ3v) is 5.24. The van der Waals surface area contributed by atoms with Crippen molar-refractivity contribution in [3.8, 4) is 0 Å². The Labute approximate surface area is 120 Å². The Kier molecular flexibility index (Phi) is 4.66. The van der Waals surface area contributed by atoms with Crippen LogP contribution in [0.5, 0.6) is 0 Å². The molecule has 0 saturated carbocycles. The third-order valence-electron chi connectivity index (χ3n) is 3.68. The molecule has 8 heteroatoms. The quantitative estimate of drug-likeness (QED) is 0.749. The van der Waals surface area contributed by atoms with E-state index in [0.717, 1.165) is 25.0 Å². The number of rotatable bonds is 5. The van der Waals surface area contributed by atoms with Gasteiger partial charge in [-0.3, -0.25) is 9.82 Å². The normalized spacial score (nSPS) is 21.1. The third kappa shape index (κ3) is 3.13. The van der Waals surface area contributed by atoms with Crippen LogP contribution in [0.25, 0.3) is 0 Å². The van der Waals surface area contributed by atoms with Crippen LogP contribution in [0.3, 0.4) is 0 Å². The number of hydrogen-bond donors (Lipinski definition) is 3. The van der Waals surface area contributed by atoms with Gasteiger partial charge in [-0.05, 0) is 33.7 Å². The molecule has 1 aromatic heterocycles. The van der Waals surface area contributed by atoms with Gasteiger partial charge in [0.2, 0.25) is 0 Å². The first-order chi connectivity index (χ1) is 9.45. The summed E-state index contributed by atoms with van der Waals surface area (Å²) in [5.41, 5.74) is 1.94. The maximum absolute atomic E-state index is 12.6. The van der Waals surface area contributed by atoms with E-state index in [4.69, 9.17) is 0 Å². The van der Waals surface area contributed by atoms with Crippen LogP contribution >= 0.6 is 0 Å². The molecule has 2 heterocycles. The average Bonchev–Trinajstić information content (AvgIpc) is 2.71. The number of nitrogens with zero attached hydrogens (tertiary/aromatic N) is 2. The van der Waals surface area contributed by atoms with Crippen molar-refractivity contribution in [1.29, 1.82) is 0 Å². The van der Waals surface area contributed by atoms with E-state index in [1.165, 1.54) is 0 Å². The smallest absolute Gasteiger partial charge is 0.302 e. The zero-order chi connectivity index (χ0) is 14.8. The van der Waals surface area contributed by atoms with Crippen LogP contribution in [0.2, 0.25) is 0 Å². The van der Waals surface area contributed by atoms with Crippen molar-refractivity contribution in [2.24, 2.45) is 0 Å². The molecule has 0 bridgehead atoms. The molecular weight excluding hydrogens is 278 g/mol. The Morgan fingerprint density at radius 2 is 2.15 bits per heavy atom. The van der Waals surface area contributed by atoms with Crippen molar-refractivity contribution in [2.75, 3.05) is 24.9 Å². The Bertz CT molecular complexity index is 533. The van der Waals surface area contributed by atoms with Gasteiger partial charge in [-0.1, -0.05) is 6.42 Å². The van der Waals surface area contributed by atoms with Gasteiger partial charge in [-0.2, -0.15) is 17.8 Å². The summed E-state index contributed by atoms with van der Waals surface area (Å²) in [5, 5.41) is 9.88. The lowest BCUT2D eigenvalue weighted by Gasteiger charge is -2.34. The summed E-state index contributed by atoms with van der Waals surface area (Å²) >= 11 is 0. The number of aromatic nitrogens is 2. The molecule has 3 N–H and O–H groups in total. The first-order valence-electron chi connectivity index (χ1n) is 6.91. The Morgan fingerprint density at radius 1 is 1.40 bits per heavy atom. The topological polar surface area (TPSA) is 90.1 Å². The molecule has 0 aromatic carbocycles. The predicted octanol–water partition coefficient (Wildman–Crippen LogP) is 0.757. The number of nitrogens with one attached hydrogen (secondary N) is 3. The molecule has 7 nitrogen and oxygen atoms in total. The molecule has 1 fully saturated rings. The summed E-state index contributed by atoms with van der Waals surface area (Å²) in [6.07, 6.45) is 2.87. The highest BCUT2D eigenvalue weighted by atomic mass is 32.2. The molecule has 1 saturated heterocycles. The monoisotopic (exact) mass is 301 g/mol. The van der Waals surface area contributed by atoms with E-state index in [-0.39, 0.29) is 6.04 Å². The lowest BCUT2D eigenvalue weighted by molar-refractivity contribution is 0.250. The SMILES string of the molecule is CNCC1CCCCN1S(=O)(=O)Nc1c(C)n[nH]c1C. The number of likely N-dealkylation sites (N-methyl/N-ethyl adjacent to an activating group) is 1. The van der Waals surface area contributed by atoms with Crippen LogP contribution in [-0.4, -0.2) is 49.1 Å². The molecule has 2 rings (SSSR count). The first-order valence-corrected chi connectivity index (χ1v) is 8.35. The predicted molar refractivity (Wildman–Crippen MR) is 78.9 cm³/mol. The fraction of sp³-hybridized carbons (Fsp3) is 0.750. The second-order valence-corrected chi connectivity index (χ2v) is 6.86. The summed E-state index contributed by atoms with van der Waals surface area (Å²) in [6, 6.07) is 0.0127. The molecule has 1 atom stereocenters. The Morgan fingerprint density at radius 3 is 2.75 bits per heavy atom. The van der Waals surface area contributed by atoms with Crippen LogP contribution in [0.15, 0.2) is 0 Å². The number of hydrogen-bond acceptors (Lipinski definition) is 4. The van der Waals surface area contributed by atoms with Crippen LogP contribution in [-0.2, 0) is 10.2 Å². The van der Waals surface area contributed by atoms with Crippen molar-refractivity contribution in [1.82, 2.24) is 19.8 Å². The second-order valence-electron chi connectivity index (χ2n) is 5.23. The number of H-pyrrole nitrogens is 1. The maximum atomic E-state index is 12.6. The van der Waals surface area contributed by atoms with E-state index in [9.17, 15) is 8.42 Å². The fourth-order valence-corrected chi connectivity index (χ4v) is 4.24. The largest absolute Gasteiger partial charge is 0.318 e. The molecule has 0 amide bonds. The lowest BCUT2D eigenvalue weighted by Crippen LogP contribution is -2.50. The van der Waals surface area contributed by atoms with Gasteiger partial charge in [0.15, 0.2) is 0 Å². The summed E-state index contributed by atoms with van der Waals surface area (Å²) in [7, 11) is -1.69.